The maximum atomic E-state index is 14.0. The van der Waals surface area contributed by atoms with Gasteiger partial charge in [0, 0.05) is 23.6 Å². The van der Waals surface area contributed by atoms with Gasteiger partial charge in [-0.2, -0.15) is 0 Å². The maximum Gasteiger partial charge on any atom is 0.264 e. The Morgan fingerprint density at radius 1 is 0.975 bits per heavy atom. The summed E-state index contributed by atoms with van der Waals surface area (Å²) in [7, 11) is -1.37. The van der Waals surface area contributed by atoms with E-state index in [1.165, 1.54) is 37.3 Å². The van der Waals surface area contributed by atoms with E-state index in [2.05, 4.69) is 21.2 Å². The Balaban J connectivity index is 2.12. The second-order valence-corrected chi connectivity index (χ2v) is 11.9. The third-order valence-electron chi connectivity index (χ3n) is 6.33. The number of nitrogens with zero attached hydrogens (tertiary/aromatic N) is 2. The lowest BCUT2D eigenvalue weighted by molar-refractivity contribution is -0.139. The summed E-state index contributed by atoms with van der Waals surface area (Å²) in [4.78, 5) is 28.2. The van der Waals surface area contributed by atoms with Gasteiger partial charge in [-0.15, -0.1) is 0 Å². The van der Waals surface area contributed by atoms with Crippen molar-refractivity contribution in [3.05, 3.63) is 82.3 Å². The van der Waals surface area contributed by atoms with Gasteiger partial charge >= 0.3 is 0 Å². The number of carbonyl (C=O) groups excluding carboxylic acids is 2. The Hall–Kier alpha value is -3.57. The van der Waals surface area contributed by atoms with Gasteiger partial charge in [0.25, 0.3) is 10.0 Å². The summed E-state index contributed by atoms with van der Waals surface area (Å²) in [5.41, 5.74) is 1.79. The van der Waals surface area contributed by atoms with E-state index in [4.69, 9.17) is 9.47 Å². The first-order valence-electron chi connectivity index (χ1n) is 12.6. The highest BCUT2D eigenvalue weighted by Crippen LogP contribution is 2.36. The predicted molar refractivity (Wildman–Crippen MR) is 158 cm³/mol. The van der Waals surface area contributed by atoms with E-state index >= 15 is 0 Å². The number of halogens is 1. The number of nitrogens with one attached hydrogen (secondary N) is 1. The number of ether oxygens (including phenoxy) is 2. The quantitative estimate of drug-likeness (QED) is 0.315. The standard InChI is InChI=1S/C29H34BrN3O6S/c1-6-31-29(35)21(3)32(18-22-9-11-23(30)12-10-22)28(34)19-33(26-17-24(38-4)13-16-27(26)39-5)40(36,37)25-14-7-20(2)8-15-25/h7-17,21H,6,18-19H2,1-5H3,(H,31,35)/t21-/m0/s1. The van der Waals surface area contributed by atoms with Crippen molar-refractivity contribution < 1.29 is 27.5 Å². The number of hydrogen-bond acceptors (Lipinski definition) is 6. The molecule has 0 aliphatic carbocycles. The van der Waals surface area contributed by atoms with E-state index in [1.807, 2.05) is 31.2 Å². The predicted octanol–water partition coefficient (Wildman–Crippen LogP) is 4.52. The highest BCUT2D eigenvalue weighted by atomic mass is 79.9. The summed E-state index contributed by atoms with van der Waals surface area (Å²) in [5, 5.41) is 2.75. The van der Waals surface area contributed by atoms with Gasteiger partial charge in [-0.25, -0.2) is 8.42 Å². The lowest BCUT2D eigenvalue weighted by atomic mass is 10.1. The van der Waals surface area contributed by atoms with E-state index in [9.17, 15) is 18.0 Å². The number of anilines is 1. The van der Waals surface area contributed by atoms with Crippen molar-refractivity contribution in [3.63, 3.8) is 0 Å². The molecule has 2 amide bonds. The van der Waals surface area contributed by atoms with Crippen LogP contribution in [0, 0.1) is 6.92 Å². The molecule has 1 N–H and O–H groups in total. The number of sulfonamides is 1. The molecule has 3 aromatic rings. The SMILES string of the molecule is CCNC(=O)[C@H](C)N(Cc1ccc(Br)cc1)C(=O)CN(c1cc(OC)ccc1OC)S(=O)(=O)c1ccc(C)cc1. The molecule has 3 rings (SSSR count). The van der Waals surface area contributed by atoms with Crippen LogP contribution in [0.4, 0.5) is 5.69 Å². The van der Waals surface area contributed by atoms with Gasteiger partial charge in [-0.3, -0.25) is 13.9 Å². The van der Waals surface area contributed by atoms with Crippen molar-refractivity contribution in [2.24, 2.45) is 0 Å². The minimum atomic E-state index is -4.25. The number of aryl methyl sites for hydroxylation is 1. The van der Waals surface area contributed by atoms with Crippen LogP contribution in [0.2, 0.25) is 0 Å². The molecule has 0 aliphatic heterocycles. The smallest absolute Gasteiger partial charge is 0.264 e. The van der Waals surface area contributed by atoms with Gasteiger partial charge in [0.1, 0.15) is 24.1 Å². The first-order valence-corrected chi connectivity index (χ1v) is 14.9. The molecule has 3 aromatic carbocycles. The molecule has 0 heterocycles. The molecule has 0 bridgehead atoms. The van der Waals surface area contributed by atoms with Gasteiger partial charge in [0.05, 0.1) is 24.8 Å². The number of methoxy groups -OCH3 is 2. The van der Waals surface area contributed by atoms with Crippen LogP contribution in [0.15, 0.2) is 76.1 Å². The largest absolute Gasteiger partial charge is 0.497 e. The van der Waals surface area contributed by atoms with Gasteiger partial charge in [0.2, 0.25) is 11.8 Å². The van der Waals surface area contributed by atoms with Gasteiger partial charge in [0.15, 0.2) is 0 Å². The molecule has 9 nitrogen and oxygen atoms in total. The fourth-order valence-corrected chi connectivity index (χ4v) is 5.71. The molecule has 0 fully saturated rings. The molecule has 0 aromatic heterocycles. The van der Waals surface area contributed by atoms with Crippen molar-refractivity contribution in [2.45, 2.75) is 38.3 Å². The highest BCUT2D eigenvalue weighted by Gasteiger charge is 2.34. The number of likely N-dealkylation sites (N-methyl/N-ethyl adjacent to an activating group) is 1. The first kappa shape index (κ1) is 31.0. The summed E-state index contributed by atoms with van der Waals surface area (Å²) in [6, 6.07) is 17.5. The number of rotatable bonds is 12. The zero-order valence-corrected chi connectivity index (χ0v) is 25.6. The Morgan fingerprint density at radius 3 is 2.20 bits per heavy atom. The number of benzene rings is 3. The molecule has 0 saturated heterocycles. The van der Waals surface area contributed by atoms with E-state index in [0.717, 1.165) is 19.9 Å². The van der Waals surface area contributed by atoms with Crippen molar-refractivity contribution in [2.75, 3.05) is 31.6 Å². The van der Waals surface area contributed by atoms with Crippen LogP contribution in [0.5, 0.6) is 11.5 Å². The Bertz CT molecular complexity index is 1430. The molecule has 0 unspecified atom stereocenters. The summed E-state index contributed by atoms with van der Waals surface area (Å²) >= 11 is 3.41. The minimum Gasteiger partial charge on any atom is -0.497 e. The Kier molecular flexibility index (Phi) is 10.6. The highest BCUT2D eigenvalue weighted by molar-refractivity contribution is 9.10. The van der Waals surface area contributed by atoms with Crippen molar-refractivity contribution in [1.29, 1.82) is 0 Å². The molecule has 1 atom stereocenters. The van der Waals surface area contributed by atoms with Crippen LogP contribution in [0.3, 0.4) is 0 Å². The Labute approximate surface area is 244 Å². The summed E-state index contributed by atoms with van der Waals surface area (Å²) in [6.45, 7) is 5.16. The molecule has 40 heavy (non-hydrogen) atoms. The van der Waals surface area contributed by atoms with E-state index in [0.29, 0.717) is 12.3 Å². The molecular weight excluding hydrogens is 598 g/mol. The van der Waals surface area contributed by atoms with Crippen molar-refractivity contribution >= 4 is 43.5 Å². The van der Waals surface area contributed by atoms with Crippen LogP contribution < -0.4 is 19.1 Å². The number of hydrogen-bond donors (Lipinski definition) is 1. The van der Waals surface area contributed by atoms with Crippen molar-refractivity contribution in [1.82, 2.24) is 10.2 Å². The normalized spacial score (nSPS) is 11.8. The molecular formula is C29H34BrN3O6S. The van der Waals surface area contributed by atoms with E-state index in [-0.39, 0.29) is 28.8 Å². The summed E-state index contributed by atoms with van der Waals surface area (Å²) < 4.78 is 40.8. The second kappa shape index (κ2) is 13.7. The number of carbonyl (C=O) groups is 2. The average molecular weight is 633 g/mol. The van der Waals surface area contributed by atoms with Crippen LogP contribution in [0.1, 0.15) is 25.0 Å². The van der Waals surface area contributed by atoms with Gasteiger partial charge < -0.3 is 19.7 Å². The van der Waals surface area contributed by atoms with Crippen LogP contribution >= 0.6 is 15.9 Å². The van der Waals surface area contributed by atoms with Crippen molar-refractivity contribution in [3.8, 4) is 11.5 Å². The zero-order valence-electron chi connectivity index (χ0n) is 23.2. The topological polar surface area (TPSA) is 105 Å². The molecule has 0 spiro atoms. The first-order chi connectivity index (χ1) is 19.0. The second-order valence-electron chi connectivity index (χ2n) is 9.08. The summed E-state index contributed by atoms with van der Waals surface area (Å²) in [5.74, 6) is -0.294. The lowest BCUT2D eigenvalue weighted by Crippen LogP contribution is -2.51. The molecule has 11 heteroatoms. The summed E-state index contributed by atoms with van der Waals surface area (Å²) in [6.07, 6.45) is 0. The third-order valence-corrected chi connectivity index (χ3v) is 8.63. The maximum absolute atomic E-state index is 14.0. The zero-order chi connectivity index (χ0) is 29.4. The van der Waals surface area contributed by atoms with Crippen LogP contribution in [0.25, 0.3) is 0 Å². The Morgan fingerprint density at radius 2 is 1.62 bits per heavy atom. The average Bonchev–Trinajstić information content (AvgIpc) is 2.95. The van der Waals surface area contributed by atoms with Gasteiger partial charge in [-0.1, -0.05) is 45.8 Å². The lowest BCUT2D eigenvalue weighted by Gasteiger charge is -2.32. The third kappa shape index (κ3) is 7.33. The molecule has 214 valence electrons. The fourth-order valence-electron chi connectivity index (χ4n) is 4.03. The van der Waals surface area contributed by atoms with Crippen LogP contribution in [-0.2, 0) is 26.2 Å². The molecule has 0 radical (unpaired) electrons. The van der Waals surface area contributed by atoms with Gasteiger partial charge in [-0.05, 0) is 62.7 Å². The monoisotopic (exact) mass is 631 g/mol. The van der Waals surface area contributed by atoms with E-state index < -0.39 is 28.5 Å². The number of amides is 2. The molecule has 0 aliphatic rings. The molecule has 0 saturated carbocycles. The minimum absolute atomic E-state index is 0.00649. The van der Waals surface area contributed by atoms with E-state index in [1.54, 1.807) is 38.1 Å². The van der Waals surface area contributed by atoms with Crippen LogP contribution in [-0.4, -0.2) is 58.5 Å². The fraction of sp³-hybridized carbons (Fsp3) is 0.310.